The second-order valence-corrected chi connectivity index (χ2v) is 8.60. The van der Waals surface area contributed by atoms with Crippen molar-refractivity contribution in [2.24, 2.45) is 5.92 Å². The summed E-state index contributed by atoms with van der Waals surface area (Å²) >= 11 is 5.64. The number of H-pyrrole nitrogens is 1. The number of nitrogens with zero attached hydrogens (tertiary/aromatic N) is 2. The molecule has 2 aromatic rings. The van der Waals surface area contributed by atoms with Gasteiger partial charge in [0.05, 0.1) is 0 Å². The first-order valence-electron chi connectivity index (χ1n) is 10.5. The number of thiocarbonyl (C=S) groups is 1. The molecule has 0 aliphatic rings. The van der Waals surface area contributed by atoms with Crippen molar-refractivity contribution in [2.75, 3.05) is 22.5 Å². The largest absolute Gasteiger partial charge is 0.383 e. The van der Waals surface area contributed by atoms with E-state index in [4.69, 9.17) is 18.0 Å². The highest BCUT2D eigenvalue weighted by Crippen LogP contribution is 2.22. The second kappa shape index (κ2) is 10.4. The van der Waals surface area contributed by atoms with Gasteiger partial charge in [-0.05, 0) is 48.2 Å². The Bertz CT molecular complexity index is 977. The fraction of sp³-hybridized carbons (Fsp3) is 0.500. The minimum absolute atomic E-state index is 0.136. The molecule has 0 unspecified atom stereocenters. The smallest absolute Gasteiger partial charge is 0.330 e. The van der Waals surface area contributed by atoms with Crippen LogP contribution in [-0.4, -0.2) is 21.2 Å². The van der Waals surface area contributed by atoms with Crippen molar-refractivity contribution in [2.45, 2.75) is 59.9 Å². The van der Waals surface area contributed by atoms with Crippen molar-refractivity contribution < 1.29 is 0 Å². The Hall–Kier alpha value is -2.61. The Balaban J connectivity index is 2.43. The quantitative estimate of drug-likeness (QED) is 0.549. The van der Waals surface area contributed by atoms with Gasteiger partial charge in [-0.25, -0.2) is 4.79 Å². The molecule has 1 aromatic carbocycles. The summed E-state index contributed by atoms with van der Waals surface area (Å²) in [6.45, 7) is 11.3. The van der Waals surface area contributed by atoms with E-state index in [2.05, 4.69) is 36.3 Å². The highest BCUT2D eigenvalue weighted by molar-refractivity contribution is 7.80. The van der Waals surface area contributed by atoms with E-state index in [-0.39, 0.29) is 17.4 Å². The average molecular weight is 432 g/mol. The SMILES string of the molecule is CCCCn1c(N)c(N(CC(C)C)C(=S)Nc2ccc(C(C)C)cc2)c(=O)[nH]c1=O. The van der Waals surface area contributed by atoms with E-state index in [0.717, 1.165) is 18.5 Å². The van der Waals surface area contributed by atoms with Crippen molar-refractivity contribution in [1.29, 1.82) is 0 Å². The molecule has 0 saturated heterocycles. The number of anilines is 3. The number of hydrogen-bond acceptors (Lipinski definition) is 4. The van der Waals surface area contributed by atoms with Gasteiger partial charge in [-0.3, -0.25) is 14.3 Å². The molecule has 0 aliphatic carbocycles. The minimum atomic E-state index is -0.537. The summed E-state index contributed by atoms with van der Waals surface area (Å²) in [6, 6.07) is 8.03. The number of unbranched alkanes of at least 4 members (excludes halogenated alkanes) is 1. The van der Waals surface area contributed by atoms with Gasteiger partial charge < -0.3 is 16.0 Å². The molecular formula is C22H33N5O2S. The third kappa shape index (κ3) is 5.72. The fourth-order valence-electron chi connectivity index (χ4n) is 3.16. The molecule has 8 heteroatoms. The number of hydrogen-bond donors (Lipinski definition) is 3. The molecule has 0 atom stereocenters. The predicted molar refractivity (Wildman–Crippen MR) is 130 cm³/mol. The zero-order chi connectivity index (χ0) is 22.4. The Kier molecular flexibility index (Phi) is 8.23. The normalized spacial score (nSPS) is 11.2. The van der Waals surface area contributed by atoms with Gasteiger partial charge in [0.2, 0.25) is 0 Å². The molecule has 0 amide bonds. The lowest BCUT2D eigenvalue weighted by Gasteiger charge is -2.28. The number of nitrogens with one attached hydrogen (secondary N) is 2. The van der Waals surface area contributed by atoms with E-state index < -0.39 is 11.2 Å². The third-order valence-corrected chi connectivity index (χ3v) is 5.16. The van der Waals surface area contributed by atoms with Crippen LogP contribution >= 0.6 is 12.2 Å². The number of aromatic amines is 1. The van der Waals surface area contributed by atoms with Gasteiger partial charge in [0.15, 0.2) is 10.8 Å². The van der Waals surface area contributed by atoms with Gasteiger partial charge >= 0.3 is 5.69 Å². The molecule has 0 aliphatic heterocycles. The first kappa shape index (κ1) is 23.7. The Morgan fingerprint density at radius 3 is 2.37 bits per heavy atom. The van der Waals surface area contributed by atoms with Crippen LogP contribution in [0.3, 0.4) is 0 Å². The second-order valence-electron chi connectivity index (χ2n) is 8.21. The molecule has 0 radical (unpaired) electrons. The molecule has 164 valence electrons. The van der Waals surface area contributed by atoms with Crippen LogP contribution in [0.1, 0.15) is 58.9 Å². The van der Waals surface area contributed by atoms with E-state index in [1.54, 1.807) is 4.90 Å². The summed E-state index contributed by atoms with van der Waals surface area (Å²) in [5, 5.41) is 3.57. The monoisotopic (exact) mass is 431 g/mol. The van der Waals surface area contributed by atoms with Crippen molar-refractivity contribution >= 4 is 34.5 Å². The average Bonchev–Trinajstić information content (AvgIpc) is 2.67. The molecule has 7 nitrogen and oxygen atoms in total. The van der Waals surface area contributed by atoms with Crippen molar-refractivity contribution in [3.8, 4) is 0 Å². The van der Waals surface area contributed by atoms with Crippen LogP contribution < -0.4 is 27.2 Å². The molecule has 1 heterocycles. The van der Waals surface area contributed by atoms with Crippen molar-refractivity contribution in [3.63, 3.8) is 0 Å². The lowest BCUT2D eigenvalue weighted by molar-refractivity contribution is 0.601. The maximum absolute atomic E-state index is 12.7. The summed E-state index contributed by atoms with van der Waals surface area (Å²) in [6.07, 6.45) is 1.69. The maximum Gasteiger partial charge on any atom is 0.330 e. The van der Waals surface area contributed by atoms with E-state index in [1.807, 2.05) is 32.9 Å². The molecule has 2 rings (SSSR count). The van der Waals surface area contributed by atoms with Crippen LogP contribution in [0.2, 0.25) is 0 Å². The minimum Gasteiger partial charge on any atom is -0.383 e. The Morgan fingerprint density at radius 1 is 1.20 bits per heavy atom. The molecule has 0 fully saturated rings. The molecule has 0 spiro atoms. The third-order valence-electron chi connectivity index (χ3n) is 4.84. The van der Waals surface area contributed by atoms with E-state index in [1.165, 1.54) is 10.1 Å². The van der Waals surface area contributed by atoms with E-state index in [0.29, 0.717) is 24.1 Å². The van der Waals surface area contributed by atoms with Crippen LogP contribution in [-0.2, 0) is 6.54 Å². The lowest BCUT2D eigenvalue weighted by atomic mass is 10.0. The van der Waals surface area contributed by atoms with Gasteiger partial charge in [-0.2, -0.15) is 0 Å². The first-order valence-corrected chi connectivity index (χ1v) is 10.9. The number of rotatable bonds is 8. The van der Waals surface area contributed by atoms with Crippen LogP contribution in [0, 0.1) is 5.92 Å². The number of nitrogens with two attached hydrogens (primary N) is 1. The van der Waals surface area contributed by atoms with E-state index in [9.17, 15) is 9.59 Å². The van der Waals surface area contributed by atoms with E-state index >= 15 is 0 Å². The van der Waals surface area contributed by atoms with Crippen LogP contribution in [0.5, 0.6) is 0 Å². The first-order chi connectivity index (χ1) is 14.1. The predicted octanol–water partition coefficient (Wildman–Crippen LogP) is 3.90. The Morgan fingerprint density at radius 2 is 1.83 bits per heavy atom. The van der Waals surface area contributed by atoms with Crippen LogP contribution in [0.4, 0.5) is 17.2 Å². The summed E-state index contributed by atoms with van der Waals surface area (Å²) in [4.78, 5) is 29.1. The standard InChI is InChI=1S/C22H33N5O2S/c1-6-7-12-26-19(23)18(20(28)25-21(26)29)27(13-14(2)3)22(30)24-17-10-8-16(9-11-17)15(4)5/h8-11,14-15H,6-7,12-13,23H2,1-5H3,(H,24,30)(H,25,28,29). The summed E-state index contributed by atoms with van der Waals surface area (Å²) in [5.41, 5.74) is 7.53. The lowest BCUT2D eigenvalue weighted by Crippen LogP contribution is -2.44. The number of aromatic nitrogens is 2. The zero-order valence-electron chi connectivity index (χ0n) is 18.5. The van der Waals surface area contributed by atoms with Crippen molar-refractivity contribution in [3.05, 3.63) is 50.7 Å². The summed E-state index contributed by atoms with van der Waals surface area (Å²) in [5.74, 6) is 0.783. The fourth-order valence-corrected chi connectivity index (χ4v) is 3.44. The van der Waals surface area contributed by atoms with Gasteiger partial charge in [0.25, 0.3) is 5.56 Å². The zero-order valence-corrected chi connectivity index (χ0v) is 19.3. The summed E-state index contributed by atoms with van der Waals surface area (Å²) in [7, 11) is 0. The van der Waals surface area contributed by atoms with Crippen LogP contribution in [0.15, 0.2) is 33.9 Å². The van der Waals surface area contributed by atoms with Crippen LogP contribution in [0.25, 0.3) is 0 Å². The van der Waals surface area contributed by atoms with Crippen molar-refractivity contribution in [1.82, 2.24) is 9.55 Å². The molecule has 30 heavy (non-hydrogen) atoms. The van der Waals surface area contributed by atoms with Gasteiger partial charge in [0, 0.05) is 18.8 Å². The number of benzene rings is 1. The number of nitrogen functional groups attached to an aromatic ring is 1. The summed E-state index contributed by atoms with van der Waals surface area (Å²) < 4.78 is 1.41. The topological polar surface area (TPSA) is 96.2 Å². The molecule has 0 bridgehead atoms. The van der Waals surface area contributed by atoms with Gasteiger partial charge in [-0.15, -0.1) is 0 Å². The van der Waals surface area contributed by atoms with Gasteiger partial charge in [0.1, 0.15) is 5.82 Å². The molecule has 4 N–H and O–H groups in total. The molecule has 1 aromatic heterocycles. The molecule has 0 saturated carbocycles. The van der Waals surface area contributed by atoms with Gasteiger partial charge in [-0.1, -0.05) is 53.2 Å². The highest BCUT2D eigenvalue weighted by atomic mass is 32.1. The highest BCUT2D eigenvalue weighted by Gasteiger charge is 2.23. The Labute approximate surface area is 183 Å². The maximum atomic E-state index is 12.7. The molecular weight excluding hydrogens is 398 g/mol.